The minimum absolute atomic E-state index is 0.149. The maximum atomic E-state index is 11.9. The second-order valence-electron chi connectivity index (χ2n) is 7.09. The molecule has 1 unspecified atom stereocenters. The number of aromatic amines is 1. The number of benzene rings is 1. The number of hydrogen-bond donors (Lipinski definition) is 2. The molecule has 0 saturated carbocycles. The fraction of sp³-hybridized carbons (Fsp3) is 0.421. The molecule has 2 N–H and O–H groups in total. The van der Waals surface area contributed by atoms with E-state index in [0.29, 0.717) is 0 Å². The van der Waals surface area contributed by atoms with Crippen molar-refractivity contribution in [3.63, 3.8) is 0 Å². The Morgan fingerprint density at radius 3 is 2.83 bits per heavy atom. The predicted molar refractivity (Wildman–Crippen MR) is 93.3 cm³/mol. The molecular formula is C19H24N2O2. The molecule has 4 nitrogen and oxygen atoms in total. The van der Waals surface area contributed by atoms with Crippen molar-refractivity contribution < 1.29 is 9.53 Å². The molecule has 0 aliphatic heterocycles. The second-order valence-corrected chi connectivity index (χ2v) is 7.09. The van der Waals surface area contributed by atoms with Crippen LogP contribution in [0.15, 0.2) is 36.5 Å². The third kappa shape index (κ3) is 3.76. The largest absolute Gasteiger partial charge is 0.444 e. The average molecular weight is 312 g/mol. The predicted octanol–water partition coefficient (Wildman–Crippen LogP) is 4.63. The van der Waals surface area contributed by atoms with Crippen molar-refractivity contribution in [2.75, 3.05) is 0 Å². The molecule has 23 heavy (non-hydrogen) atoms. The van der Waals surface area contributed by atoms with Crippen LogP contribution in [0.3, 0.4) is 0 Å². The number of alkyl carbamates (subject to hydrolysis) is 1. The smallest absolute Gasteiger partial charge is 0.407 e. The van der Waals surface area contributed by atoms with Crippen LogP contribution in [0.4, 0.5) is 4.79 Å². The van der Waals surface area contributed by atoms with E-state index in [2.05, 4.69) is 40.6 Å². The number of H-pyrrole nitrogens is 1. The SMILES string of the molecule is CC(C)(C)OC(=O)NC1CC=C(c2cccc3cc[nH]c23)CC1. The van der Waals surface area contributed by atoms with E-state index in [4.69, 9.17) is 4.74 Å². The highest BCUT2D eigenvalue weighted by Gasteiger charge is 2.22. The van der Waals surface area contributed by atoms with Gasteiger partial charge in [0.1, 0.15) is 5.60 Å². The van der Waals surface area contributed by atoms with E-state index in [1.54, 1.807) is 0 Å². The highest BCUT2D eigenvalue weighted by atomic mass is 16.6. The quantitative estimate of drug-likeness (QED) is 0.849. The van der Waals surface area contributed by atoms with Crippen LogP contribution in [0.1, 0.15) is 45.6 Å². The summed E-state index contributed by atoms with van der Waals surface area (Å²) in [5.41, 5.74) is 3.35. The van der Waals surface area contributed by atoms with Crippen LogP contribution in [0.25, 0.3) is 16.5 Å². The maximum absolute atomic E-state index is 11.9. The molecule has 0 spiro atoms. The number of rotatable bonds is 2. The van der Waals surface area contributed by atoms with Crippen molar-refractivity contribution in [1.29, 1.82) is 0 Å². The summed E-state index contributed by atoms with van der Waals surface area (Å²) in [6.45, 7) is 5.63. The number of aromatic nitrogens is 1. The van der Waals surface area contributed by atoms with Crippen molar-refractivity contribution in [2.45, 2.75) is 51.7 Å². The van der Waals surface area contributed by atoms with Crippen LogP contribution < -0.4 is 5.32 Å². The fourth-order valence-corrected chi connectivity index (χ4v) is 3.04. The minimum atomic E-state index is -0.455. The number of carbonyl (C=O) groups is 1. The van der Waals surface area contributed by atoms with Crippen LogP contribution in [0.2, 0.25) is 0 Å². The number of nitrogens with one attached hydrogen (secondary N) is 2. The van der Waals surface area contributed by atoms with Gasteiger partial charge >= 0.3 is 6.09 Å². The Morgan fingerprint density at radius 2 is 2.13 bits per heavy atom. The van der Waals surface area contributed by atoms with E-state index < -0.39 is 5.60 Å². The summed E-state index contributed by atoms with van der Waals surface area (Å²) in [6, 6.07) is 8.61. The Balaban J connectivity index is 1.67. The number of amides is 1. The Morgan fingerprint density at radius 1 is 1.30 bits per heavy atom. The third-order valence-electron chi connectivity index (χ3n) is 4.06. The number of carbonyl (C=O) groups excluding carboxylic acids is 1. The Hall–Kier alpha value is -2.23. The lowest BCUT2D eigenvalue weighted by molar-refractivity contribution is 0.0502. The summed E-state index contributed by atoms with van der Waals surface area (Å²) in [7, 11) is 0. The van der Waals surface area contributed by atoms with Crippen LogP contribution in [0.5, 0.6) is 0 Å². The maximum Gasteiger partial charge on any atom is 0.407 e. The number of ether oxygens (including phenoxy) is 1. The highest BCUT2D eigenvalue weighted by molar-refractivity contribution is 5.91. The molecule has 122 valence electrons. The van der Waals surface area contributed by atoms with Crippen molar-refractivity contribution in [2.24, 2.45) is 0 Å². The van der Waals surface area contributed by atoms with Crippen LogP contribution in [-0.4, -0.2) is 22.7 Å². The molecule has 1 aliphatic rings. The molecule has 1 aromatic carbocycles. The van der Waals surface area contributed by atoms with E-state index in [0.717, 1.165) is 19.3 Å². The van der Waals surface area contributed by atoms with Crippen LogP contribution in [-0.2, 0) is 4.74 Å². The Bertz CT molecular complexity index is 737. The number of allylic oxidation sites excluding steroid dienone is 1. The Labute approximate surface area is 136 Å². The van der Waals surface area contributed by atoms with Crippen molar-refractivity contribution in [1.82, 2.24) is 10.3 Å². The summed E-state index contributed by atoms with van der Waals surface area (Å²) in [4.78, 5) is 15.2. The molecule has 1 aromatic heterocycles. The summed E-state index contributed by atoms with van der Waals surface area (Å²) in [6.07, 6.45) is 6.61. The highest BCUT2D eigenvalue weighted by Crippen LogP contribution is 2.31. The molecule has 1 atom stereocenters. The monoisotopic (exact) mass is 312 g/mol. The van der Waals surface area contributed by atoms with Gasteiger partial charge in [0.25, 0.3) is 0 Å². The first kappa shape index (κ1) is 15.7. The van der Waals surface area contributed by atoms with E-state index in [1.807, 2.05) is 27.0 Å². The molecule has 1 amide bonds. The first-order chi connectivity index (χ1) is 10.9. The molecule has 0 saturated heterocycles. The van der Waals surface area contributed by atoms with Gasteiger partial charge in [-0.05, 0) is 57.1 Å². The molecule has 1 heterocycles. The van der Waals surface area contributed by atoms with Gasteiger partial charge in [-0.15, -0.1) is 0 Å². The molecule has 0 bridgehead atoms. The van der Waals surface area contributed by atoms with E-state index in [9.17, 15) is 4.79 Å². The second kappa shape index (κ2) is 6.11. The van der Waals surface area contributed by atoms with Gasteiger partial charge in [0.2, 0.25) is 0 Å². The lowest BCUT2D eigenvalue weighted by Crippen LogP contribution is -2.39. The van der Waals surface area contributed by atoms with Crippen molar-refractivity contribution in [3.05, 3.63) is 42.1 Å². The third-order valence-corrected chi connectivity index (χ3v) is 4.06. The lowest BCUT2D eigenvalue weighted by atomic mass is 9.90. The van der Waals surface area contributed by atoms with Crippen LogP contribution >= 0.6 is 0 Å². The van der Waals surface area contributed by atoms with Crippen molar-refractivity contribution in [3.8, 4) is 0 Å². The Kier molecular flexibility index (Phi) is 4.16. The molecule has 4 heteroatoms. The minimum Gasteiger partial charge on any atom is -0.444 e. The standard InChI is InChI=1S/C19H24N2O2/c1-19(2,3)23-18(22)21-15-9-7-13(8-10-15)16-6-4-5-14-11-12-20-17(14)16/h4-7,11-12,15,20H,8-10H2,1-3H3,(H,21,22). The molecule has 0 radical (unpaired) electrons. The topological polar surface area (TPSA) is 54.1 Å². The molecule has 3 rings (SSSR count). The summed E-state index contributed by atoms with van der Waals surface area (Å²) < 4.78 is 5.32. The van der Waals surface area contributed by atoms with Gasteiger partial charge in [0.05, 0.1) is 5.52 Å². The van der Waals surface area contributed by atoms with Gasteiger partial charge in [-0.3, -0.25) is 0 Å². The van der Waals surface area contributed by atoms with Crippen molar-refractivity contribution >= 4 is 22.6 Å². The molecule has 0 fully saturated rings. The zero-order chi connectivity index (χ0) is 16.4. The molecule has 2 aromatic rings. The zero-order valence-corrected chi connectivity index (χ0v) is 14.0. The van der Waals surface area contributed by atoms with Crippen LogP contribution in [0, 0.1) is 0 Å². The zero-order valence-electron chi connectivity index (χ0n) is 14.0. The van der Waals surface area contributed by atoms with E-state index >= 15 is 0 Å². The molecular weight excluding hydrogens is 288 g/mol. The average Bonchev–Trinajstić information content (AvgIpc) is 2.94. The lowest BCUT2D eigenvalue weighted by Gasteiger charge is -2.26. The van der Waals surface area contributed by atoms with Gasteiger partial charge in [-0.1, -0.05) is 24.3 Å². The summed E-state index contributed by atoms with van der Waals surface area (Å²) >= 11 is 0. The van der Waals surface area contributed by atoms with Gasteiger partial charge in [-0.25, -0.2) is 4.79 Å². The summed E-state index contributed by atoms with van der Waals surface area (Å²) in [5.74, 6) is 0. The van der Waals surface area contributed by atoms with E-state index in [-0.39, 0.29) is 12.1 Å². The molecule has 1 aliphatic carbocycles. The number of fused-ring (bicyclic) bond motifs is 1. The number of hydrogen-bond acceptors (Lipinski definition) is 2. The normalized spacial score (nSPS) is 18.6. The first-order valence-corrected chi connectivity index (χ1v) is 8.17. The fourth-order valence-electron chi connectivity index (χ4n) is 3.04. The van der Waals surface area contributed by atoms with Gasteiger partial charge in [-0.2, -0.15) is 0 Å². The first-order valence-electron chi connectivity index (χ1n) is 8.17. The number of para-hydroxylation sites is 1. The van der Waals surface area contributed by atoms with Gasteiger partial charge < -0.3 is 15.0 Å². The van der Waals surface area contributed by atoms with Gasteiger partial charge in [0.15, 0.2) is 0 Å². The van der Waals surface area contributed by atoms with E-state index in [1.165, 1.54) is 22.0 Å². The summed E-state index contributed by atoms with van der Waals surface area (Å²) in [5, 5.41) is 4.20. The van der Waals surface area contributed by atoms with Gasteiger partial charge in [0, 0.05) is 17.8 Å².